The molecule has 84 valence electrons. The van der Waals surface area contributed by atoms with Gasteiger partial charge in [0.05, 0.1) is 10.6 Å². The summed E-state index contributed by atoms with van der Waals surface area (Å²) in [6.45, 7) is 0.513. The molecule has 0 aliphatic rings. The molecule has 0 spiro atoms. The van der Waals surface area contributed by atoms with Crippen molar-refractivity contribution in [2.24, 2.45) is 0 Å². The highest BCUT2D eigenvalue weighted by Gasteiger charge is 2.10. The third kappa shape index (κ3) is 3.73. The molecule has 1 aromatic rings. The van der Waals surface area contributed by atoms with Gasteiger partial charge in [0.25, 0.3) is 5.91 Å². The number of aromatic nitrogens is 1. The molecule has 1 aromatic heterocycles. The van der Waals surface area contributed by atoms with Crippen LogP contribution >= 0.6 is 23.2 Å². The number of rotatable bonds is 4. The number of hydrogen-bond acceptors (Lipinski definition) is 2. The van der Waals surface area contributed by atoms with Crippen LogP contribution in [0.25, 0.3) is 0 Å². The summed E-state index contributed by atoms with van der Waals surface area (Å²) in [6.07, 6.45) is 7.80. The maximum atomic E-state index is 11.6. The molecule has 0 fully saturated rings. The Labute approximate surface area is 104 Å². The predicted molar refractivity (Wildman–Crippen MR) is 64.7 cm³/mol. The molecule has 1 heterocycles. The fourth-order valence-electron chi connectivity index (χ4n) is 1.07. The number of carbonyl (C=O) groups excluding carboxylic acids is 1. The van der Waals surface area contributed by atoms with Crippen molar-refractivity contribution >= 4 is 29.1 Å². The zero-order valence-corrected chi connectivity index (χ0v) is 9.98. The van der Waals surface area contributed by atoms with E-state index in [0.717, 1.165) is 6.42 Å². The maximum absolute atomic E-state index is 11.6. The van der Waals surface area contributed by atoms with Crippen molar-refractivity contribution in [3.8, 4) is 12.3 Å². The molecule has 16 heavy (non-hydrogen) atoms. The molecule has 0 unspecified atom stereocenters. The first-order chi connectivity index (χ1) is 7.65. The van der Waals surface area contributed by atoms with Crippen molar-refractivity contribution in [3.63, 3.8) is 0 Å². The largest absolute Gasteiger partial charge is 0.352 e. The van der Waals surface area contributed by atoms with Gasteiger partial charge in [-0.05, 0) is 12.5 Å². The number of hydrogen-bond donors (Lipinski definition) is 1. The van der Waals surface area contributed by atoms with Crippen molar-refractivity contribution < 1.29 is 4.79 Å². The van der Waals surface area contributed by atoms with E-state index in [1.807, 2.05) is 0 Å². The summed E-state index contributed by atoms with van der Waals surface area (Å²) in [4.78, 5) is 15.4. The van der Waals surface area contributed by atoms with Gasteiger partial charge in [-0.3, -0.25) is 4.79 Å². The molecule has 0 aliphatic heterocycles. The Morgan fingerprint density at radius 2 is 2.31 bits per heavy atom. The van der Waals surface area contributed by atoms with Crippen LogP contribution in [0.3, 0.4) is 0 Å². The summed E-state index contributed by atoms with van der Waals surface area (Å²) in [5, 5.41) is 3.21. The Balaban J connectivity index is 2.59. The number of halogens is 2. The molecule has 0 aromatic carbocycles. The van der Waals surface area contributed by atoms with Gasteiger partial charge in [0.15, 0.2) is 0 Å². The minimum Gasteiger partial charge on any atom is -0.352 e. The van der Waals surface area contributed by atoms with Gasteiger partial charge in [0, 0.05) is 19.2 Å². The zero-order chi connectivity index (χ0) is 12.0. The molecule has 5 heteroatoms. The second kappa shape index (κ2) is 6.37. The lowest BCUT2D eigenvalue weighted by Gasteiger charge is -2.05. The van der Waals surface area contributed by atoms with Gasteiger partial charge in [-0.25, -0.2) is 4.98 Å². The summed E-state index contributed by atoms with van der Waals surface area (Å²) >= 11 is 11.5. The average Bonchev–Trinajstić information content (AvgIpc) is 2.27. The summed E-state index contributed by atoms with van der Waals surface area (Å²) in [5.41, 5.74) is 0.322. The van der Waals surface area contributed by atoms with Crippen molar-refractivity contribution in [1.82, 2.24) is 10.3 Å². The molecular weight excluding hydrogens is 247 g/mol. The molecule has 0 radical (unpaired) electrons. The number of unbranched alkanes of at least 4 members (excludes halogenated alkanes) is 1. The van der Waals surface area contributed by atoms with Gasteiger partial charge in [-0.15, -0.1) is 12.3 Å². The molecule has 1 rings (SSSR count). The first kappa shape index (κ1) is 12.8. The smallest absolute Gasteiger partial charge is 0.252 e. The molecule has 1 N–H and O–H groups in total. The predicted octanol–water partition coefficient (Wildman–Crippen LogP) is 2.53. The van der Waals surface area contributed by atoms with Crippen LogP contribution in [0.2, 0.25) is 10.2 Å². The van der Waals surface area contributed by atoms with E-state index >= 15 is 0 Å². The van der Waals surface area contributed by atoms with Crippen molar-refractivity contribution in [2.75, 3.05) is 6.54 Å². The van der Waals surface area contributed by atoms with Crippen molar-refractivity contribution in [3.05, 3.63) is 28.0 Å². The van der Waals surface area contributed by atoms with E-state index in [4.69, 9.17) is 29.6 Å². The van der Waals surface area contributed by atoms with E-state index in [1.54, 1.807) is 0 Å². The van der Waals surface area contributed by atoms with Crippen molar-refractivity contribution in [2.45, 2.75) is 12.8 Å². The first-order valence-electron chi connectivity index (χ1n) is 4.68. The van der Waals surface area contributed by atoms with Gasteiger partial charge in [0.2, 0.25) is 0 Å². The maximum Gasteiger partial charge on any atom is 0.252 e. The first-order valence-corrected chi connectivity index (χ1v) is 5.43. The third-order valence-corrected chi connectivity index (χ3v) is 2.36. The number of nitrogens with one attached hydrogen (secondary N) is 1. The van der Waals surface area contributed by atoms with Gasteiger partial charge >= 0.3 is 0 Å². The van der Waals surface area contributed by atoms with Crippen LogP contribution in [-0.4, -0.2) is 17.4 Å². The Morgan fingerprint density at radius 1 is 1.56 bits per heavy atom. The average molecular weight is 257 g/mol. The quantitative estimate of drug-likeness (QED) is 0.511. The Bertz CT molecular complexity index is 426. The molecular formula is C11H10Cl2N2O. The third-order valence-electron chi connectivity index (χ3n) is 1.85. The topological polar surface area (TPSA) is 42.0 Å². The van der Waals surface area contributed by atoms with Crippen LogP contribution in [0.1, 0.15) is 23.2 Å². The van der Waals surface area contributed by atoms with Crippen molar-refractivity contribution in [1.29, 1.82) is 0 Å². The van der Waals surface area contributed by atoms with Gasteiger partial charge < -0.3 is 5.32 Å². The summed E-state index contributed by atoms with van der Waals surface area (Å²) < 4.78 is 0. The van der Waals surface area contributed by atoms with Crippen LogP contribution in [0, 0.1) is 12.3 Å². The molecule has 0 saturated carbocycles. The number of terminal acetylenes is 1. The van der Waals surface area contributed by atoms with E-state index in [9.17, 15) is 4.79 Å². The van der Waals surface area contributed by atoms with E-state index < -0.39 is 0 Å². The molecule has 0 atom stereocenters. The van der Waals surface area contributed by atoms with E-state index in [-0.39, 0.29) is 16.1 Å². The lowest BCUT2D eigenvalue weighted by atomic mass is 10.2. The molecule has 0 saturated heterocycles. The highest BCUT2D eigenvalue weighted by atomic mass is 35.5. The number of amides is 1. The minimum atomic E-state index is -0.272. The fraction of sp³-hybridized carbons (Fsp3) is 0.273. The summed E-state index contributed by atoms with van der Waals surface area (Å²) in [5.74, 6) is 2.22. The Hall–Kier alpha value is -1.24. The zero-order valence-electron chi connectivity index (χ0n) is 8.46. The number of pyridine rings is 1. The van der Waals surface area contributed by atoms with Crippen LogP contribution in [0.4, 0.5) is 0 Å². The molecule has 3 nitrogen and oxygen atoms in total. The van der Waals surface area contributed by atoms with Gasteiger partial charge in [-0.2, -0.15) is 0 Å². The lowest BCUT2D eigenvalue weighted by Crippen LogP contribution is -2.24. The number of carbonyl (C=O) groups is 1. The van der Waals surface area contributed by atoms with Gasteiger partial charge in [0.1, 0.15) is 5.15 Å². The number of nitrogens with zero attached hydrogens (tertiary/aromatic N) is 1. The molecule has 1 amide bonds. The van der Waals surface area contributed by atoms with Crippen LogP contribution in [-0.2, 0) is 0 Å². The highest BCUT2D eigenvalue weighted by molar-refractivity contribution is 6.35. The summed E-state index contributed by atoms with van der Waals surface area (Å²) in [7, 11) is 0. The van der Waals surface area contributed by atoms with E-state index in [2.05, 4.69) is 16.2 Å². The second-order valence-corrected chi connectivity index (χ2v) is 3.84. The Kier molecular flexibility index (Phi) is 5.10. The van der Waals surface area contributed by atoms with Crippen LogP contribution < -0.4 is 5.32 Å². The van der Waals surface area contributed by atoms with E-state index in [0.29, 0.717) is 18.5 Å². The Morgan fingerprint density at radius 3 is 3.00 bits per heavy atom. The van der Waals surface area contributed by atoms with Crippen LogP contribution in [0.15, 0.2) is 12.3 Å². The SMILES string of the molecule is C#CCCCNC(=O)c1cc(Cl)ncc1Cl. The summed E-state index contributed by atoms with van der Waals surface area (Å²) in [6, 6.07) is 1.43. The molecule has 0 bridgehead atoms. The van der Waals surface area contributed by atoms with E-state index in [1.165, 1.54) is 12.3 Å². The fourth-order valence-corrected chi connectivity index (χ4v) is 1.42. The second-order valence-electron chi connectivity index (χ2n) is 3.05. The monoisotopic (exact) mass is 256 g/mol. The standard InChI is InChI=1S/C11H10Cl2N2O/c1-2-3-4-5-14-11(16)8-6-10(13)15-7-9(8)12/h1,6-7H,3-5H2,(H,14,16). The minimum absolute atomic E-state index is 0.234. The lowest BCUT2D eigenvalue weighted by molar-refractivity contribution is 0.0953. The molecule has 0 aliphatic carbocycles. The van der Waals surface area contributed by atoms with Gasteiger partial charge in [-0.1, -0.05) is 23.2 Å². The highest BCUT2D eigenvalue weighted by Crippen LogP contribution is 2.17. The van der Waals surface area contributed by atoms with Crippen LogP contribution in [0.5, 0.6) is 0 Å². The normalized spacial score (nSPS) is 9.56.